The van der Waals surface area contributed by atoms with Gasteiger partial charge in [-0.05, 0) is 48.7 Å². The normalized spacial score (nSPS) is 24.5. The molecule has 0 fully saturated rings. The molecule has 1 aliphatic carbocycles. The zero-order valence-electron chi connectivity index (χ0n) is 12.3. The average molecular weight is 332 g/mol. The van der Waals surface area contributed by atoms with Crippen molar-refractivity contribution in [3.63, 3.8) is 0 Å². The van der Waals surface area contributed by atoms with Crippen molar-refractivity contribution in [2.45, 2.75) is 23.1 Å². The van der Waals surface area contributed by atoms with E-state index in [0.717, 1.165) is 36.4 Å². The number of aliphatic hydroxyl groups excluding tert-OH is 1. The second-order valence-electron chi connectivity index (χ2n) is 5.47. The fraction of sp³-hybridized carbons (Fsp3) is 0.353. The van der Waals surface area contributed by atoms with Gasteiger partial charge in [-0.25, -0.2) is 0 Å². The van der Waals surface area contributed by atoms with Crippen LogP contribution in [0.1, 0.15) is 18.4 Å². The molecule has 0 amide bonds. The van der Waals surface area contributed by atoms with E-state index in [9.17, 15) is 5.11 Å². The van der Waals surface area contributed by atoms with Crippen LogP contribution in [0.2, 0.25) is 0 Å². The Morgan fingerprint density at radius 3 is 3.18 bits per heavy atom. The Labute approximate surface area is 139 Å². The van der Waals surface area contributed by atoms with Crippen molar-refractivity contribution in [3.05, 3.63) is 53.1 Å². The van der Waals surface area contributed by atoms with Gasteiger partial charge in [-0.2, -0.15) is 0 Å². The van der Waals surface area contributed by atoms with Crippen LogP contribution in [0, 0.1) is 11.3 Å². The number of allylic oxidation sites excluding steroid dienone is 3. The molecule has 3 rings (SSSR count). The Morgan fingerprint density at radius 1 is 1.36 bits per heavy atom. The van der Waals surface area contributed by atoms with Gasteiger partial charge in [0.05, 0.1) is 4.21 Å². The number of aliphatic hydroxyl groups is 1. The maximum absolute atomic E-state index is 9.44. The molecule has 0 saturated heterocycles. The lowest BCUT2D eigenvalue weighted by Crippen LogP contribution is -2.29. The second-order valence-corrected chi connectivity index (χ2v) is 7.75. The molecule has 0 aromatic carbocycles. The Morgan fingerprint density at radius 2 is 2.27 bits per heavy atom. The first-order valence-electron chi connectivity index (χ1n) is 7.52. The van der Waals surface area contributed by atoms with E-state index in [-0.39, 0.29) is 11.8 Å². The van der Waals surface area contributed by atoms with Crippen molar-refractivity contribution in [3.8, 4) is 0 Å². The third-order valence-electron chi connectivity index (χ3n) is 3.96. The molecule has 116 valence electrons. The topological polar surface area (TPSA) is 56.1 Å². The largest absolute Gasteiger partial charge is 0.508 e. The summed E-state index contributed by atoms with van der Waals surface area (Å²) in [7, 11) is 0. The number of nitrogens with one attached hydrogen (secondary N) is 2. The van der Waals surface area contributed by atoms with Gasteiger partial charge < -0.3 is 15.8 Å². The minimum Gasteiger partial charge on any atom is -0.508 e. The van der Waals surface area contributed by atoms with Gasteiger partial charge in [-0.3, -0.25) is 0 Å². The van der Waals surface area contributed by atoms with Crippen LogP contribution in [0.25, 0.3) is 0 Å². The summed E-state index contributed by atoms with van der Waals surface area (Å²) in [5.74, 6) is 1.72. The van der Waals surface area contributed by atoms with Crippen LogP contribution in [0.15, 0.2) is 51.8 Å². The third kappa shape index (κ3) is 3.72. The summed E-state index contributed by atoms with van der Waals surface area (Å²) >= 11 is 3.64. The molecule has 2 unspecified atom stereocenters. The van der Waals surface area contributed by atoms with E-state index in [1.807, 2.05) is 30.0 Å². The summed E-state index contributed by atoms with van der Waals surface area (Å²) in [5.41, 5.74) is 1.94. The van der Waals surface area contributed by atoms with Crippen molar-refractivity contribution >= 4 is 28.8 Å². The highest BCUT2D eigenvalue weighted by atomic mass is 32.2. The Hall–Kier alpha value is -1.30. The number of rotatable bonds is 4. The summed E-state index contributed by atoms with van der Waals surface area (Å²) in [6.45, 7) is 0.872. The monoisotopic (exact) mass is 332 g/mol. The summed E-state index contributed by atoms with van der Waals surface area (Å²) in [6, 6.07) is 2.23. The number of hydrogen-bond acceptors (Lipinski definition) is 5. The van der Waals surface area contributed by atoms with Crippen LogP contribution >= 0.6 is 23.1 Å². The lowest BCUT2D eigenvalue weighted by Gasteiger charge is -2.17. The molecule has 0 spiro atoms. The number of fused-ring (bicyclic) bond motifs is 1. The molecule has 2 atom stereocenters. The van der Waals surface area contributed by atoms with E-state index in [1.54, 1.807) is 23.5 Å². The Balaban J connectivity index is 1.54. The molecule has 1 aromatic rings. The summed E-state index contributed by atoms with van der Waals surface area (Å²) in [5, 5.41) is 23.5. The van der Waals surface area contributed by atoms with Crippen molar-refractivity contribution in [2.24, 2.45) is 5.92 Å². The minimum absolute atomic E-state index is 0.145. The summed E-state index contributed by atoms with van der Waals surface area (Å²) in [6.07, 6.45) is 11.3. The van der Waals surface area contributed by atoms with Crippen LogP contribution in [0.4, 0.5) is 0 Å². The van der Waals surface area contributed by atoms with Crippen molar-refractivity contribution < 1.29 is 5.11 Å². The quantitative estimate of drug-likeness (QED) is 0.776. The average Bonchev–Trinajstić information content (AvgIpc) is 2.81. The molecule has 2 heterocycles. The molecule has 3 nitrogen and oxygen atoms in total. The lowest BCUT2D eigenvalue weighted by atomic mass is 9.93. The predicted molar refractivity (Wildman–Crippen MR) is 95.4 cm³/mol. The molecule has 2 aliphatic rings. The molecule has 1 aromatic heterocycles. The van der Waals surface area contributed by atoms with E-state index in [2.05, 4.69) is 16.8 Å². The molecule has 5 heteroatoms. The molecule has 0 radical (unpaired) electrons. The predicted octanol–water partition coefficient (Wildman–Crippen LogP) is 4.14. The Kier molecular flexibility index (Phi) is 5.18. The van der Waals surface area contributed by atoms with Gasteiger partial charge in [-0.15, -0.1) is 23.1 Å². The van der Waals surface area contributed by atoms with E-state index < -0.39 is 0 Å². The van der Waals surface area contributed by atoms with Gasteiger partial charge in [0.25, 0.3) is 0 Å². The fourth-order valence-corrected chi connectivity index (χ4v) is 4.95. The SMILES string of the molecule is N=C1c2ccsc2SCCC1CCNC1C=CC=C(O)C=C1. The second kappa shape index (κ2) is 7.31. The smallest absolute Gasteiger partial charge is 0.115 e. The minimum atomic E-state index is 0.145. The maximum atomic E-state index is 9.44. The third-order valence-corrected chi connectivity index (χ3v) is 6.23. The van der Waals surface area contributed by atoms with E-state index in [0.29, 0.717) is 5.92 Å². The summed E-state index contributed by atoms with van der Waals surface area (Å²) in [4.78, 5) is 0. The van der Waals surface area contributed by atoms with Crippen LogP contribution in [0.5, 0.6) is 0 Å². The maximum Gasteiger partial charge on any atom is 0.115 e. The molecule has 0 saturated carbocycles. The van der Waals surface area contributed by atoms with Gasteiger partial charge in [0.1, 0.15) is 5.76 Å². The highest BCUT2D eigenvalue weighted by molar-refractivity contribution is 8.01. The van der Waals surface area contributed by atoms with Gasteiger partial charge >= 0.3 is 0 Å². The molecular formula is C17H20N2OS2. The standard InChI is InChI=1S/C17H20N2OS2/c18-16-12(7-10-21-17-15(16)8-11-22-17)6-9-19-13-2-1-3-14(20)5-4-13/h1-5,8,11-13,18-20H,6-7,9-10H2. The van der Waals surface area contributed by atoms with Crippen molar-refractivity contribution in [1.29, 1.82) is 5.41 Å². The van der Waals surface area contributed by atoms with Gasteiger partial charge in [0.15, 0.2) is 0 Å². The van der Waals surface area contributed by atoms with E-state index in [4.69, 9.17) is 5.41 Å². The highest BCUT2D eigenvalue weighted by Crippen LogP contribution is 2.36. The van der Waals surface area contributed by atoms with E-state index in [1.165, 1.54) is 4.21 Å². The van der Waals surface area contributed by atoms with Crippen LogP contribution in [-0.2, 0) is 0 Å². The first-order valence-corrected chi connectivity index (χ1v) is 9.38. The van der Waals surface area contributed by atoms with Gasteiger partial charge in [-0.1, -0.05) is 18.2 Å². The molecular weight excluding hydrogens is 312 g/mol. The van der Waals surface area contributed by atoms with Crippen molar-refractivity contribution in [2.75, 3.05) is 12.3 Å². The fourth-order valence-electron chi connectivity index (χ4n) is 2.71. The highest BCUT2D eigenvalue weighted by Gasteiger charge is 2.23. The van der Waals surface area contributed by atoms with Crippen LogP contribution in [0.3, 0.4) is 0 Å². The van der Waals surface area contributed by atoms with Crippen LogP contribution < -0.4 is 5.32 Å². The zero-order chi connectivity index (χ0) is 15.4. The van der Waals surface area contributed by atoms with E-state index >= 15 is 0 Å². The number of hydrogen-bond donors (Lipinski definition) is 3. The van der Waals surface area contributed by atoms with Crippen LogP contribution in [-0.4, -0.2) is 29.2 Å². The molecule has 22 heavy (non-hydrogen) atoms. The lowest BCUT2D eigenvalue weighted by molar-refractivity contribution is 0.432. The molecule has 0 bridgehead atoms. The number of thiophene rings is 1. The van der Waals surface area contributed by atoms with Crippen molar-refractivity contribution in [1.82, 2.24) is 5.32 Å². The molecule has 1 aliphatic heterocycles. The van der Waals surface area contributed by atoms with Gasteiger partial charge in [0, 0.05) is 23.2 Å². The first kappa shape index (κ1) is 15.6. The first-order chi connectivity index (χ1) is 10.7. The number of thioether (sulfide) groups is 1. The molecule has 3 N–H and O–H groups in total. The van der Waals surface area contributed by atoms with Gasteiger partial charge in [0.2, 0.25) is 0 Å². The Bertz CT molecular complexity index is 630. The summed E-state index contributed by atoms with van der Waals surface area (Å²) < 4.78 is 1.30. The zero-order valence-corrected chi connectivity index (χ0v) is 13.9.